The van der Waals surface area contributed by atoms with E-state index < -0.39 is 11.0 Å². The minimum Gasteiger partial charge on any atom is -0.484 e. The molecule has 2 aromatic carbocycles. The number of hydrogen-bond donors (Lipinski definition) is 1. The van der Waals surface area contributed by atoms with Gasteiger partial charge in [0.2, 0.25) is 0 Å². The van der Waals surface area contributed by atoms with Crippen LogP contribution in [0.2, 0.25) is 0 Å². The molecule has 3 rings (SSSR count). The van der Waals surface area contributed by atoms with Crippen molar-refractivity contribution in [1.82, 2.24) is 9.78 Å². The molecule has 1 atom stereocenters. The van der Waals surface area contributed by atoms with Crippen LogP contribution < -0.4 is 4.74 Å². The van der Waals surface area contributed by atoms with Gasteiger partial charge in [-0.05, 0) is 12.1 Å². The van der Waals surface area contributed by atoms with Crippen LogP contribution in [0.3, 0.4) is 0 Å². The number of ether oxygens (including phenoxy) is 1. The Hall–Kier alpha value is -3.19. The molecule has 7 nitrogen and oxygen atoms in total. The predicted octanol–water partition coefficient (Wildman–Crippen LogP) is 2.90. The number of nitro groups is 1. The minimum atomic E-state index is -0.844. The van der Waals surface area contributed by atoms with E-state index in [2.05, 4.69) is 5.10 Å². The van der Waals surface area contributed by atoms with Gasteiger partial charge in [-0.3, -0.25) is 14.8 Å². The summed E-state index contributed by atoms with van der Waals surface area (Å²) in [5.41, 5.74) is 1.68. The van der Waals surface area contributed by atoms with Crippen LogP contribution in [0.5, 0.6) is 5.75 Å². The molecule has 0 aliphatic rings. The van der Waals surface area contributed by atoms with E-state index in [1.54, 1.807) is 23.0 Å². The molecule has 128 valence electrons. The molecular formula is C18H17N3O4. The lowest BCUT2D eigenvalue weighted by molar-refractivity contribution is -0.385. The molecule has 1 N–H and O–H groups in total. The van der Waals surface area contributed by atoms with Crippen molar-refractivity contribution in [2.45, 2.75) is 12.6 Å². The van der Waals surface area contributed by atoms with Crippen molar-refractivity contribution >= 4 is 5.69 Å². The first-order valence-electron chi connectivity index (χ1n) is 7.76. The maximum absolute atomic E-state index is 10.9. The Bertz CT molecular complexity index is 848. The van der Waals surface area contributed by atoms with Crippen LogP contribution >= 0.6 is 0 Å². The standard InChI is InChI=1S/C18H17N3O4/c22-15(13-25-18-9-5-4-8-17(18)21(23)24)12-20-11-10-16(19-20)14-6-2-1-3-7-14/h1-11,15,22H,12-13H2. The molecule has 0 spiro atoms. The fourth-order valence-electron chi connectivity index (χ4n) is 2.41. The molecular weight excluding hydrogens is 322 g/mol. The van der Waals surface area contributed by atoms with Gasteiger partial charge in [0.15, 0.2) is 5.75 Å². The van der Waals surface area contributed by atoms with Crippen LogP contribution in [0.25, 0.3) is 11.3 Å². The van der Waals surface area contributed by atoms with Crippen LogP contribution in [0.1, 0.15) is 0 Å². The van der Waals surface area contributed by atoms with Gasteiger partial charge in [0.25, 0.3) is 0 Å². The van der Waals surface area contributed by atoms with Gasteiger partial charge in [0, 0.05) is 17.8 Å². The molecule has 0 bridgehead atoms. The highest BCUT2D eigenvalue weighted by Crippen LogP contribution is 2.25. The fourth-order valence-corrected chi connectivity index (χ4v) is 2.41. The Balaban J connectivity index is 1.59. The van der Waals surface area contributed by atoms with Gasteiger partial charge in [-0.25, -0.2) is 0 Å². The van der Waals surface area contributed by atoms with Crippen molar-refractivity contribution in [3.63, 3.8) is 0 Å². The van der Waals surface area contributed by atoms with Gasteiger partial charge in [-0.2, -0.15) is 5.10 Å². The zero-order valence-corrected chi connectivity index (χ0v) is 13.4. The van der Waals surface area contributed by atoms with Gasteiger partial charge in [-0.1, -0.05) is 42.5 Å². The fraction of sp³-hybridized carbons (Fsp3) is 0.167. The van der Waals surface area contributed by atoms with Crippen molar-refractivity contribution in [2.24, 2.45) is 0 Å². The number of aliphatic hydroxyl groups excluding tert-OH is 1. The summed E-state index contributed by atoms with van der Waals surface area (Å²) < 4.78 is 7.01. The number of hydrogen-bond acceptors (Lipinski definition) is 5. The second-order valence-electron chi connectivity index (χ2n) is 5.48. The summed E-state index contributed by atoms with van der Waals surface area (Å²) in [4.78, 5) is 10.4. The van der Waals surface area contributed by atoms with E-state index in [0.717, 1.165) is 11.3 Å². The molecule has 1 unspecified atom stereocenters. The van der Waals surface area contributed by atoms with Crippen molar-refractivity contribution < 1.29 is 14.8 Å². The first-order chi connectivity index (χ1) is 12.1. The van der Waals surface area contributed by atoms with Gasteiger partial charge in [0.05, 0.1) is 17.2 Å². The first kappa shape index (κ1) is 16.7. The summed E-state index contributed by atoms with van der Waals surface area (Å²) >= 11 is 0. The number of nitrogens with zero attached hydrogens (tertiary/aromatic N) is 3. The lowest BCUT2D eigenvalue weighted by atomic mass is 10.2. The molecule has 0 radical (unpaired) electrons. The third-order valence-electron chi connectivity index (χ3n) is 3.60. The molecule has 0 amide bonds. The summed E-state index contributed by atoms with van der Waals surface area (Å²) in [6.45, 7) is 0.166. The highest BCUT2D eigenvalue weighted by molar-refractivity contribution is 5.57. The topological polar surface area (TPSA) is 90.4 Å². The van der Waals surface area contributed by atoms with E-state index in [-0.39, 0.29) is 24.6 Å². The van der Waals surface area contributed by atoms with Crippen molar-refractivity contribution in [1.29, 1.82) is 0 Å². The Morgan fingerprint density at radius 2 is 1.84 bits per heavy atom. The van der Waals surface area contributed by atoms with E-state index in [4.69, 9.17) is 4.74 Å². The van der Waals surface area contributed by atoms with Gasteiger partial charge in [0.1, 0.15) is 12.7 Å². The summed E-state index contributed by atoms with van der Waals surface area (Å²) in [6, 6.07) is 17.7. The molecule has 0 aliphatic heterocycles. The third-order valence-corrected chi connectivity index (χ3v) is 3.60. The number of aromatic nitrogens is 2. The third kappa shape index (κ3) is 4.21. The molecule has 0 fully saturated rings. The van der Waals surface area contributed by atoms with E-state index in [9.17, 15) is 15.2 Å². The Kier molecular flexibility index (Phi) is 5.06. The molecule has 0 aliphatic carbocycles. The normalized spacial score (nSPS) is 11.9. The highest BCUT2D eigenvalue weighted by Gasteiger charge is 2.15. The molecule has 1 aromatic heterocycles. The average Bonchev–Trinajstić information content (AvgIpc) is 3.09. The van der Waals surface area contributed by atoms with Crippen LogP contribution in [-0.2, 0) is 6.54 Å². The molecule has 3 aromatic rings. The minimum absolute atomic E-state index is 0.0641. The number of aliphatic hydroxyl groups is 1. The zero-order chi connectivity index (χ0) is 17.6. The maximum atomic E-state index is 10.9. The van der Waals surface area contributed by atoms with Crippen LogP contribution in [0.15, 0.2) is 66.9 Å². The average molecular weight is 339 g/mol. The quantitative estimate of drug-likeness (QED) is 0.528. The van der Waals surface area contributed by atoms with Crippen LogP contribution in [0.4, 0.5) is 5.69 Å². The molecule has 1 heterocycles. The monoisotopic (exact) mass is 339 g/mol. The SMILES string of the molecule is O=[N+]([O-])c1ccccc1OCC(O)Cn1ccc(-c2ccccc2)n1. The molecule has 0 saturated carbocycles. The number of benzene rings is 2. The predicted molar refractivity (Wildman–Crippen MR) is 92.3 cm³/mol. The van der Waals surface area contributed by atoms with E-state index >= 15 is 0 Å². The smallest absolute Gasteiger partial charge is 0.310 e. The van der Waals surface area contributed by atoms with Crippen molar-refractivity contribution in [3.8, 4) is 17.0 Å². The molecule has 7 heteroatoms. The van der Waals surface area contributed by atoms with Crippen molar-refractivity contribution in [3.05, 3.63) is 77.0 Å². The Morgan fingerprint density at radius 3 is 2.60 bits per heavy atom. The van der Waals surface area contributed by atoms with Crippen LogP contribution in [-0.4, -0.2) is 32.5 Å². The van der Waals surface area contributed by atoms with Gasteiger partial charge >= 0.3 is 5.69 Å². The summed E-state index contributed by atoms with van der Waals surface area (Å²) in [6.07, 6.45) is 0.930. The lowest BCUT2D eigenvalue weighted by Gasteiger charge is -2.12. The summed E-state index contributed by atoms with van der Waals surface area (Å²) in [5.74, 6) is 0.136. The first-order valence-corrected chi connectivity index (χ1v) is 7.76. The summed E-state index contributed by atoms with van der Waals surface area (Å²) in [7, 11) is 0. The molecule has 0 saturated heterocycles. The van der Waals surface area contributed by atoms with E-state index in [0.29, 0.717) is 0 Å². The van der Waals surface area contributed by atoms with Gasteiger partial charge in [-0.15, -0.1) is 0 Å². The van der Waals surface area contributed by atoms with E-state index in [1.165, 1.54) is 12.1 Å². The van der Waals surface area contributed by atoms with Crippen LogP contribution in [0, 0.1) is 10.1 Å². The number of nitro benzene ring substituents is 1. The number of rotatable bonds is 7. The van der Waals surface area contributed by atoms with Gasteiger partial charge < -0.3 is 9.84 Å². The second kappa shape index (κ2) is 7.59. The largest absolute Gasteiger partial charge is 0.484 e. The second-order valence-corrected chi connectivity index (χ2v) is 5.48. The lowest BCUT2D eigenvalue weighted by Crippen LogP contribution is -2.24. The zero-order valence-electron chi connectivity index (χ0n) is 13.4. The Labute approximate surface area is 144 Å². The maximum Gasteiger partial charge on any atom is 0.310 e. The van der Waals surface area contributed by atoms with E-state index in [1.807, 2.05) is 36.4 Å². The highest BCUT2D eigenvalue weighted by atomic mass is 16.6. The Morgan fingerprint density at radius 1 is 1.12 bits per heavy atom. The van der Waals surface area contributed by atoms with Crippen molar-refractivity contribution in [2.75, 3.05) is 6.61 Å². The number of para-hydroxylation sites is 2. The molecule has 25 heavy (non-hydrogen) atoms. The summed E-state index contributed by atoms with van der Waals surface area (Å²) in [5, 5.41) is 25.5.